The Morgan fingerprint density at radius 2 is 2.14 bits per heavy atom. The summed E-state index contributed by atoms with van der Waals surface area (Å²) in [7, 11) is 0. The molecule has 0 aliphatic carbocycles. The SMILES string of the molecule is CC(Nc1ccc([N+](=O)[O-])cn1)c1cc2cc(Cl)ccc2o1. The molecule has 0 bridgehead atoms. The Bertz CT molecular complexity index is 830. The highest BCUT2D eigenvalue weighted by Crippen LogP contribution is 2.28. The first-order valence-corrected chi connectivity index (χ1v) is 6.97. The van der Waals surface area contributed by atoms with Crippen molar-refractivity contribution in [3.8, 4) is 0 Å². The minimum atomic E-state index is -0.483. The summed E-state index contributed by atoms with van der Waals surface area (Å²) >= 11 is 5.96. The van der Waals surface area contributed by atoms with Gasteiger partial charge in [-0.05, 0) is 37.3 Å². The van der Waals surface area contributed by atoms with Crippen LogP contribution in [-0.4, -0.2) is 9.91 Å². The van der Waals surface area contributed by atoms with E-state index in [0.29, 0.717) is 10.8 Å². The Morgan fingerprint density at radius 1 is 1.32 bits per heavy atom. The first-order valence-electron chi connectivity index (χ1n) is 6.59. The van der Waals surface area contributed by atoms with Crippen LogP contribution in [-0.2, 0) is 0 Å². The van der Waals surface area contributed by atoms with Crippen molar-refractivity contribution in [2.24, 2.45) is 0 Å². The number of benzene rings is 1. The number of hydrogen-bond acceptors (Lipinski definition) is 5. The molecule has 0 aliphatic rings. The zero-order valence-electron chi connectivity index (χ0n) is 11.6. The van der Waals surface area contributed by atoms with E-state index in [9.17, 15) is 10.1 Å². The lowest BCUT2D eigenvalue weighted by atomic mass is 10.2. The molecule has 0 saturated carbocycles. The van der Waals surface area contributed by atoms with Crippen LogP contribution in [0.25, 0.3) is 11.0 Å². The molecular formula is C15H12ClN3O3. The summed E-state index contributed by atoms with van der Waals surface area (Å²) < 4.78 is 5.76. The van der Waals surface area contributed by atoms with Gasteiger partial charge in [0.2, 0.25) is 0 Å². The summed E-state index contributed by atoms with van der Waals surface area (Å²) in [6, 6.07) is 10.2. The molecule has 0 aliphatic heterocycles. The van der Waals surface area contributed by atoms with Crippen molar-refractivity contribution >= 4 is 34.1 Å². The van der Waals surface area contributed by atoms with Crippen LogP contribution in [0.5, 0.6) is 0 Å². The predicted molar refractivity (Wildman–Crippen MR) is 84.2 cm³/mol. The number of hydrogen-bond donors (Lipinski definition) is 1. The summed E-state index contributed by atoms with van der Waals surface area (Å²) in [5.41, 5.74) is 0.710. The lowest BCUT2D eigenvalue weighted by molar-refractivity contribution is -0.385. The number of halogens is 1. The van der Waals surface area contributed by atoms with Crippen LogP contribution >= 0.6 is 11.6 Å². The zero-order valence-corrected chi connectivity index (χ0v) is 12.4. The first kappa shape index (κ1) is 14.3. The van der Waals surface area contributed by atoms with E-state index < -0.39 is 4.92 Å². The molecule has 3 rings (SSSR count). The number of nitrogens with one attached hydrogen (secondary N) is 1. The van der Waals surface area contributed by atoms with E-state index in [4.69, 9.17) is 16.0 Å². The third-order valence-electron chi connectivity index (χ3n) is 3.25. The molecule has 3 aromatic rings. The maximum absolute atomic E-state index is 10.6. The number of aromatic nitrogens is 1. The number of rotatable bonds is 4. The van der Waals surface area contributed by atoms with Crippen molar-refractivity contribution in [2.45, 2.75) is 13.0 Å². The van der Waals surface area contributed by atoms with Crippen LogP contribution in [0.2, 0.25) is 5.02 Å². The molecule has 0 amide bonds. The third-order valence-corrected chi connectivity index (χ3v) is 3.48. The average Bonchev–Trinajstić information content (AvgIpc) is 2.91. The quantitative estimate of drug-likeness (QED) is 0.563. The van der Waals surface area contributed by atoms with Crippen LogP contribution in [0.1, 0.15) is 18.7 Å². The Labute approximate surface area is 130 Å². The van der Waals surface area contributed by atoms with Gasteiger partial charge in [-0.1, -0.05) is 11.6 Å². The van der Waals surface area contributed by atoms with Crippen molar-refractivity contribution in [2.75, 3.05) is 5.32 Å². The van der Waals surface area contributed by atoms with Gasteiger partial charge in [-0.15, -0.1) is 0 Å². The van der Waals surface area contributed by atoms with E-state index in [-0.39, 0.29) is 11.7 Å². The Hall–Kier alpha value is -2.60. The minimum Gasteiger partial charge on any atom is -0.459 e. The molecule has 112 valence electrons. The Kier molecular flexibility index (Phi) is 3.68. The van der Waals surface area contributed by atoms with E-state index in [0.717, 1.165) is 16.7 Å². The van der Waals surface area contributed by atoms with E-state index in [1.807, 2.05) is 25.1 Å². The molecule has 6 nitrogen and oxygen atoms in total. The molecule has 2 heterocycles. The fraction of sp³-hybridized carbons (Fsp3) is 0.133. The molecule has 0 spiro atoms. The number of pyridine rings is 1. The highest BCUT2D eigenvalue weighted by atomic mass is 35.5. The van der Waals surface area contributed by atoms with Crippen LogP contribution in [0.4, 0.5) is 11.5 Å². The summed E-state index contributed by atoms with van der Waals surface area (Å²) in [4.78, 5) is 14.1. The number of anilines is 1. The van der Waals surface area contributed by atoms with Crippen LogP contribution < -0.4 is 5.32 Å². The molecule has 1 aromatic carbocycles. The molecule has 0 radical (unpaired) electrons. The standard InChI is InChI=1S/C15H12ClN3O3/c1-9(18-15-5-3-12(8-17-15)19(20)21)14-7-10-6-11(16)2-4-13(10)22-14/h2-9H,1H3,(H,17,18). The summed E-state index contributed by atoms with van der Waals surface area (Å²) in [6.45, 7) is 1.92. The Balaban J connectivity index is 1.80. The van der Waals surface area contributed by atoms with Gasteiger partial charge in [-0.2, -0.15) is 0 Å². The van der Waals surface area contributed by atoms with Gasteiger partial charge in [0.15, 0.2) is 0 Å². The van der Waals surface area contributed by atoms with E-state index >= 15 is 0 Å². The fourth-order valence-electron chi connectivity index (χ4n) is 2.12. The summed E-state index contributed by atoms with van der Waals surface area (Å²) in [6.07, 6.45) is 1.22. The molecule has 22 heavy (non-hydrogen) atoms. The Morgan fingerprint density at radius 3 is 2.82 bits per heavy atom. The molecule has 1 unspecified atom stereocenters. The van der Waals surface area contributed by atoms with Gasteiger partial charge in [-0.3, -0.25) is 10.1 Å². The second-order valence-corrected chi connectivity index (χ2v) is 5.29. The van der Waals surface area contributed by atoms with Gasteiger partial charge in [0.05, 0.1) is 11.0 Å². The lowest BCUT2D eigenvalue weighted by Crippen LogP contribution is -2.06. The molecule has 0 saturated heterocycles. The molecule has 0 fully saturated rings. The highest BCUT2D eigenvalue weighted by molar-refractivity contribution is 6.31. The second kappa shape index (κ2) is 5.65. The monoisotopic (exact) mass is 317 g/mol. The maximum Gasteiger partial charge on any atom is 0.287 e. The number of furan rings is 1. The van der Waals surface area contributed by atoms with Gasteiger partial charge in [-0.25, -0.2) is 4.98 Å². The summed E-state index contributed by atoms with van der Waals surface area (Å²) in [5.74, 6) is 1.27. The number of fused-ring (bicyclic) bond motifs is 1. The van der Waals surface area contributed by atoms with Gasteiger partial charge in [0.25, 0.3) is 5.69 Å². The minimum absolute atomic E-state index is 0.0448. The average molecular weight is 318 g/mol. The van der Waals surface area contributed by atoms with Crippen LogP contribution in [0.15, 0.2) is 47.0 Å². The van der Waals surface area contributed by atoms with Crippen molar-refractivity contribution in [1.29, 1.82) is 0 Å². The van der Waals surface area contributed by atoms with Crippen molar-refractivity contribution in [1.82, 2.24) is 4.98 Å². The summed E-state index contributed by atoms with van der Waals surface area (Å²) in [5, 5.41) is 15.3. The van der Waals surface area contributed by atoms with E-state index in [1.165, 1.54) is 12.3 Å². The largest absolute Gasteiger partial charge is 0.459 e. The molecule has 1 atom stereocenters. The predicted octanol–water partition coefficient (Wildman–Crippen LogP) is 4.56. The van der Waals surface area contributed by atoms with Crippen LogP contribution in [0, 0.1) is 10.1 Å². The lowest BCUT2D eigenvalue weighted by Gasteiger charge is -2.11. The van der Waals surface area contributed by atoms with Gasteiger partial charge in [0, 0.05) is 16.5 Å². The van der Waals surface area contributed by atoms with Crippen molar-refractivity contribution in [3.05, 3.63) is 63.5 Å². The topological polar surface area (TPSA) is 81.2 Å². The van der Waals surface area contributed by atoms with Gasteiger partial charge in [0.1, 0.15) is 23.4 Å². The molecule has 1 N–H and O–H groups in total. The molecular weight excluding hydrogens is 306 g/mol. The zero-order chi connectivity index (χ0) is 15.7. The van der Waals surface area contributed by atoms with Gasteiger partial charge >= 0.3 is 0 Å². The van der Waals surface area contributed by atoms with Crippen molar-refractivity contribution < 1.29 is 9.34 Å². The molecule has 2 aromatic heterocycles. The number of nitro groups is 1. The molecule has 7 heteroatoms. The first-order chi connectivity index (χ1) is 10.5. The fourth-order valence-corrected chi connectivity index (χ4v) is 2.30. The van der Waals surface area contributed by atoms with Gasteiger partial charge < -0.3 is 9.73 Å². The highest BCUT2D eigenvalue weighted by Gasteiger charge is 2.13. The van der Waals surface area contributed by atoms with E-state index in [1.54, 1.807) is 12.1 Å². The second-order valence-electron chi connectivity index (χ2n) is 4.86. The van der Waals surface area contributed by atoms with Crippen LogP contribution in [0.3, 0.4) is 0 Å². The third kappa shape index (κ3) is 2.87. The normalized spacial score (nSPS) is 12.3. The maximum atomic E-state index is 10.6. The smallest absolute Gasteiger partial charge is 0.287 e. The van der Waals surface area contributed by atoms with Crippen molar-refractivity contribution in [3.63, 3.8) is 0 Å². The number of nitrogens with zero attached hydrogens (tertiary/aromatic N) is 2. The van der Waals surface area contributed by atoms with E-state index in [2.05, 4.69) is 10.3 Å².